The van der Waals surface area contributed by atoms with Gasteiger partial charge in [0.15, 0.2) is 12.6 Å². The van der Waals surface area contributed by atoms with Gasteiger partial charge in [0.2, 0.25) is 0 Å². The minimum Gasteiger partial charge on any atom is -0.297 e. The van der Waals surface area contributed by atoms with Gasteiger partial charge in [0, 0.05) is 0 Å². The smallest absolute Gasteiger partial charge is 0.160 e. The Balaban J connectivity index is 2.30. The van der Waals surface area contributed by atoms with Crippen molar-refractivity contribution in [1.29, 1.82) is 0 Å². The number of rotatable bonds is 4. The molecule has 0 saturated heterocycles. The minimum atomic E-state index is 0.267. The van der Waals surface area contributed by atoms with E-state index in [1.807, 2.05) is 0 Å². The quantitative estimate of drug-likeness (QED) is 0.491. The zero-order valence-corrected chi connectivity index (χ0v) is 8.00. The molecule has 1 aliphatic carbocycles. The van der Waals surface area contributed by atoms with Gasteiger partial charge in [-0.1, -0.05) is 0 Å². The monoisotopic (exact) mass is 194 g/mol. The third-order valence-corrected chi connectivity index (χ3v) is 2.38. The van der Waals surface area contributed by atoms with Crippen LogP contribution >= 0.6 is 0 Å². The first-order valence-electron chi connectivity index (χ1n) is 4.80. The standard InChI is InChI=1S/C10H14N2O2/c13-7-5-11-9-1-2-10(4-3-9)12-6-8-14/h5-10H,1-4H2/t9-,10-. The van der Waals surface area contributed by atoms with Crippen molar-refractivity contribution in [2.24, 2.45) is 9.98 Å². The van der Waals surface area contributed by atoms with Gasteiger partial charge in [0.05, 0.1) is 24.5 Å². The van der Waals surface area contributed by atoms with Gasteiger partial charge in [-0.05, 0) is 25.7 Å². The summed E-state index contributed by atoms with van der Waals surface area (Å²) in [6, 6.07) is 0.533. The first kappa shape index (κ1) is 10.8. The van der Waals surface area contributed by atoms with Crippen LogP contribution in [0.15, 0.2) is 9.98 Å². The van der Waals surface area contributed by atoms with Gasteiger partial charge in [-0.15, -0.1) is 0 Å². The Morgan fingerprint density at radius 2 is 1.14 bits per heavy atom. The van der Waals surface area contributed by atoms with Gasteiger partial charge in [-0.2, -0.15) is 0 Å². The molecule has 0 aromatic heterocycles. The van der Waals surface area contributed by atoms with Crippen LogP contribution in [0, 0.1) is 0 Å². The van der Waals surface area contributed by atoms with Crippen molar-refractivity contribution < 1.29 is 9.59 Å². The summed E-state index contributed by atoms with van der Waals surface area (Å²) in [7, 11) is 0. The fraction of sp³-hybridized carbons (Fsp3) is 0.600. The van der Waals surface area contributed by atoms with Crippen molar-refractivity contribution >= 4 is 25.0 Å². The summed E-state index contributed by atoms with van der Waals surface area (Å²) < 4.78 is 0. The lowest BCUT2D eigenvalue weighted by atomic mass is 9.92. The molecular formula is C10H14N2O2. The molecule has 0 aliphatic heterocycles. The van der Waals surface area contributed by atoms with Crippen LogP contribution in [-0.2, 0) is 9.59 Å². The van der Waals surface area contributed by atoms with E-state index in [1.165, 1.54) is 12.4 Å². The van der Waals surface area contributed by atoms with Crippen LogP contribution in [0.1, 0.15) is 25.7 Å². The van der Waals surface area contributed by atoms with E-state index in [-0.39, 0.29) is 12.1 Å². The maximum absolute atomic E-state index is 10.0. The van der Waals surface area contributed by atoms with Crippen molar-refractivity contribution in [3.8, 4) is 0 Å². The van der Waals surface area contributed by atoms with Crippen LogP contribution in [0.25, 0.3) is 0 Å². The first-order chi connectivity index (χ1) is 6.86. The van der Waals surface area contributed by atoms with Crippen molar-refractivity contribution in [2.75, 3.05) is 0 Å². The normalized spacial score (nSPS) is 28.3. The fourth-order valence-corrected chi connectivity index (χ4v) is 1.67. The van der Waals surface area contributed by atoms with E-state index in [9.17, 15) is 9.59 Å². The van der Waals surface area contributed by atoms with E-state index < -0.39 is 0 Å². The molecule has 1 rings (SSSR count). The predicted octanol–water partition coefficient (Wildman–Crippen LogP) is 0.837. The highest BCUT2D eigenvalue weighted by Crippen LogP contribution is 2.22. The van der Waals surface area contributed by atoms with E-state index in [1.54, 1.807) is 0 Å². The molecule has 0 aromatic rings. The van der Waals surface area contributed by atoms with Crippen molar-refractivity contribution in [2.45, 2.75) is 37.8 Å². The second kappa shape index (κ2) is 6.18. The van der Waals surface area contributed by atoms with Crippen LogP contribution in [0.3, 0.4) is 0 Å². The second-order valence-corrected chi connectivity index (χ2v) is 3.33. The summed E-state index contributed by atoms with van der Waals surface area (Å²) >= 11 is 0. The molecule has 0 N–H and O–H groups in total. The van der Waals surface area contributed by atoms with Gasteiger partial charge < -0.3 is 0 Å². The number of carbonyl (C=O) groups is 2. The van der Waals surface area contributed by atoms with Crippen LogP contribution in [0.4, 0.5) is 0 Å². The van der Waals surface area contributed by atoms with Crippen LogP contribution in [-0.4, -0.2) is 37.1 Å². The zero-order chi connectivity index (χ0) is 10.2. The Hall–Kier alpha value is -1.32. The maximum atomic E-state index is 10.0. The summed E-state index contributed by atoms with van der Waals surface area (Å²) in [5.74, 6) is 0. The number of aldehydes is 2. The highest BCUT2D eigenvalue weighted by atomic mass is 16.1. The Labute approximate surface area is 83.1 Å². The molecule has 0 unspecified atom stereocenters. The summed E-state index contributed by atoms with van der Waals surface area (Å²) in [4.78, 5) is 28.3. The number of carbonyl (C=O) groups excluding carboxylic acids is 2. The summed E-state index contributed by atoms with van der Waals surface area (Å²) in [6.45, 7) is 0. The molecule has 0 radical (unpaired) electrons. The summed E-state index contributed by atoms with van der Waals surface area (Å²) in [6.07, 6.45) is 7.85. The lowest BCUT2D eigenvalue weighted by molar-refractivity contribution is -0.103. The van der Waals surface area contributed by atoms with Gasteiger partial charge in [0.1, 0.15) is 0 Å². The molecule has 4 heteroatoms. The molecule has 0 bridgehead atoms. The molecule has 76 valence electrons. The summed E-state index contributed by atoms with van der Waals surface area (Å²) in [5, 5.41) is 0. The number of aliphatic imine (C=N–C) groups is 2. The van der Waals surface area contributed by atoms with Gasteiger partial charge in [0.25, 0.3) is 0 Å². The Bertz CT molecular complexity index is 215. The molecule has 1 fully saturated rings. The highest BCUT2D eigenvalue weighted by molar-refractivity contribution is 6.13. The van der Waals surface area contributed by atoms with E-state index in [2.05, 4.69) is 9.98 Å². The third-order valence-electron chi connectivity index (χ3n) is 2.38. The van der Waals surface area contributed by atoms with Crippen molar-refractivity contribution in [1.82, 2.24) is 0 Å². The molecule has 1 saturated carbocycles. The molecule has 14 heavy (non-hydrogen) atoms. The maximum Gasteiger partial charge on any atom is 0.160 e. The molecule has 0 atom stereocenters. The molecular weight excluding hydrogens is 180 g/mol. The highest BCUT2D eigenvalue weighted by Gasteiger charge is 2.18. The Kier molecular flexibility index (Phi) is 4.75. The van der Waals surface area contributed by atoms with E-state index in [0.29, 0.717) is 12.6 Å². The van der Waals surface area contributed by atoms with Crippen molar-refractivity contribution in [3.05, 3.63) is 0 Å². The Morgan fingerprint density at radius 3 is 1.43 bits per heavy atom. The second-order valence-electron chi connectivity index (χ2n) is 3.33. The molecule has 0 amide bonds. The average Bonchev–Trinajstić information content (AvgIpc) is 2.25. The van der Waals surface area contributed by atoms with Gasteiger partial charge >= 0.3 is 0 Å². The fourth-order valence-electron chi connectivity index (χ4n) is 1.67. The first-order valence-corrected chi connectivity index (χ1v) is 4.80. The van der Waals surface area contributed by atoms with Gasteiger partial charge in [-0.3, -0.25) is 19.6 Å². The molecule has 4 nitrogen and oxygen atoms in total. The van der Waals surface area contributed by atoms with Crippen LogP contribution in [0.2, 0.25) is 0 Å². The van der Waals surface area contributed by atoms with E-state index in [4.69, 9.17) is 0 Å². The lowest BCUT2D eigenvalue weighted by Crippen LogP contribution is -2.20. The largest absolute Gasteiger partial charge is 0.297 e. The predicted molar refractivity (Wildman–Crippen MR) is 55.2 cm³/mol. The van der Waals surface area contributed by atoms with E-state index >= 15 is 0 Å². The molecule has 1 aliphatic rings. The minimum absolute atomic E-state index is 0.267. The molecule has 0 heterocycles. The van der Waals surface area contributed by atoms with E-state index in [0.717, 1.165) is 25.7 Å². The number of hydrogen-bond acceptors (Lipinski definition) is 4. The van der Waals surface area contributed by atoms with Crippen LogP contribution in [0.5, 0.6) is 0 Å². The lowest BCUT2D eigenvalue weighted by Gasteiger charge is -2.22. The molecule has 0 spiro atoms. The number of nitrogens with zero attached hydrogens (tertiary/aromatic N) is 2. The third kappa shape index (κ3) is 3.60. The average molecular weight is 194 g/mol. The molecule has 0 aromatic carbocycles. The van der Waals surface area contributed by atoms with Crippen molar-refractivity contribution in [3.63, 3.8) is 0 Å². The number of hydrogen-bond donors (Lipinski definition) is 0. The zero-order valence-electron chi connectivity index (χ0n) is 8.00. The SMILES string of the molecule is O=CC=N[C@H]1CC[C@H](N=CC=O)CC1. The summed E-state index contributed by atoms with van der Waals surface area (Å²) in [5.41, 5.74) is 0. The van der Waals surface area contributed by atoms with Gasteiger partial charge in [-0.25, -0.2) is 0 Å². The van der Waals surface area contributed by atoms with Crippen LogP contribution < -0.4 is 0 Å². The Morgan fingerprint density at radius 1 is 0.786 bits per heavy atom. The topological polar surface area (TPSA) is 58.9 Å².